The summed E-state index contributed by atoms with van der Waals surface area (Å²) < 4.78 is 20.6. The van der Waals surface area contributed by atoms with Gasteiger partial charge in [0.05, 0.1) is 12.2 Å². The predicted octanol–water partition coefficient (Wildman–Crippen LogP) is 8.21. The molecule has 2 rings (SSSR count). The molecule has 0 unspecified atom stereocenters. The van der Waals surface area contributed by atoms with Crippen molar-refractivity contribution in [1.82, 2.24) is 0 Å². The van der Waals surface area contributed by atoms with Gasteiger partial charge in [0.1, 0.15) is 5.83 Å². The van der Waals surface area contributed by atoms with Crippen molar-refractivity contribution in [1.29, 1.82) is 0 Å². The van der Waals surface area contributed by atoms with Gasteiger partial charge in [0, 0.05) is 5.56 Å². The molecule has 0 atom stereocenters. The third-order valence-corrected chi connectivity index (χ3v) is 6.15. The molecule has 30 heavy (non-hydrogen) atoms. The molecule has 0 amide bonds. The average molecular weight is 413 g/mol. The van der Waals surface area contributed by atoms with E-state index in [2.05, 4.69) is 34.3 Å². The first-order valence-corrected chi connectivity index (χ1v) is 11.2. The van der Waals surface area contributed by atoms with E-state index in [0.29, 0.717) is 23.3 Å². The molecule has 0 aliphatic heterocycles. The standard InChI is InChI=1S/C27H37FO2/c1-7-8-9-10-18-30-26(29)23-15-13-22(14-16-23)25(28)21(4)20(3)24-19(2)12-11-17-27(24,5)6/h13-16H,3,7-12,17-18H2,1-2,4-6H3/b25-21-. The van der Waals surface area contributed by atoms with Gasteiger partial charge in [0.2, 0.25) is 0 Å². The fourth-order valence-corrected chi connectivity index (χ4v) is 4.36. The average Bonchev–Trinajstić information content (AvgIpc) is 2.71. The number of halogens is 1. The minimum Gasteiger partial charge on any atom is -0.462 e. The number of allylic oxidation sites excluding steroid dienone is 4. The molecular formula is C27H37FO2. The van der Waals surface area contributed by atoms with Crippen LogP contribution < -0.4 is 0 Å². The van der Waals surface area contributed by atoms with E-state index < -0.39 is 0 Å². The lowest BCUT2D eigenvalue weighted by atomic mass is 9.69. The summed E-state index contributed by atoms with van der Waals surface area (Å²) in [6.45, 7) is 15.2. The Bertz CT molecular complexity index is 825. The lowest BCUT2D eigenvalue weighted by molar-refractivity contribution is 0.0498. The molecule has 1 aliphatic carbocycles. The van der Waals surface area contributed by atoms with Crippen molar-refractivity contribution in [3.8, 4) is 0 Å². The highest BCUT2D eigenvalue weighted by molar-refractivity contribution is 5.89. The van der Waals surface area contributed by atoms with Gasteiger partial charge in [0.25, 0.3) is 0 Å². The zero-order chi connectivity index (χ0) is 22.3. The molecule has 1 aliphatic rings. The summed E-state index contributed by atoms with van der Waals surface area (Å²) in [5.74, 6) is -0.644. The normalized spacial score (nSPS) is 16.9. The number of unbranched alkanes of at least 4 members (excludes halogenated alkanes) is 3. The molecule has 0 fully saturated rings. The zero-order valence-corrected chi connectivity index (χ0v) is 19.4. The Kier molecular flexibility index (Phi) is 8.64. The SMILES string of the molecule is C=C(C1=C(C)CCCC1(C)C)/C(C)=C(\F)c1ccc(C(=O)OCCCCCC)cc1. The van der Waals surface area contributed by atoms with Crippen LogP contribution in [0.3, 0.4) is 0 Å². The van der Waals surface area contributed by atoms with Crippen molar-refractivity contribution in [2.75, 3.05) is 6.61 Å². The molecule has 0 saturated carbocycles. The van der Waals surface area contributed by atoms with Crippen LogP contribution in [0, 0.1) is 5.41 Å². The molecule has 0 bridgehead atoms. The van der Waals surface area contributed by atoms with Gasteiger partial charge in [-0.3, -0.25) is 0 Å². The van der Waals surface area contributed by atoms with Crippen molar-refractivity contribution in [3.63, 3.8) is 0 Å². The van der Waals surface area contributed by atoms with E-state index in [4.69, 9.17) is 4.74 Å². The van der Waals surface area contributed by atoms with Crippen LogP contribution in [-0.2, 0) is 4.74 Å². The van der Waals surface area contributed by atoms with E-state index >= 15 is 4.39 Å². The minimum absolute atomic E-state index is 0.00566. The third kappa shape index (κ3) is 5.93. The van der Waals surface area contributed by atoms with E-state index in [-0.39, 0.29) is 17.2 Å². The van der Waals surface area contributed by atoms with E-state index in [1.54, 1.807) is 31.2 Å². The lowest BCUT2D eigenvalue weighted by Gasteiger charge is -2.36. The molecule has 0 spiro atoms. The van der Waals surface area contributed by atoms with E-state index in [9.17, 15) is 4.79 Å². The highest BCUT2D eigenvalue weighted by atomic mass is 19.1. The monoisotopic (exact) mass is 412 g/mol. The Hall–Kier alpha value is -2.16. The highest BCUT2D eigenvalue weighted by Gasteiger charge is 2.31. The van der Waals surface area contributed by atoms with Gasteiger partial charge in [-0.05, 0) is 73.8 Å². The molecule has 164 valence electrons. The summed E-state index contributed by atoms with van der Waals surface area (Å²) in [4.78, 5) is 12.2. The molecular weight excluding hydrogens is 375 g/mol. The predicted molar refractivity (Wildman–Crippen MR) is 124 cm³/mol. The minimum atomic E-state index is -0.353. The second kappa shape index (κ2) is 10.7. The number of hydrogen-bond donors (Lipinski definition) is 0. The van der Waals surface area contributed by atoms with Crippen LogP contribution in [0.1, 0.15) is 95.5 Å². The van der Waals surface area contributed by atoms with Gasteiger partial charge < -0.3 is 4.74 Å². The maximum absolute atomic E-state index is 15.2. The van der Waals surface area contributed by atoms with E-state index in [1.807, 2.05) is 0 Å². The summed E-state index contributed by atoms with van der Waals surface area (Å²) in [5.41, 5.74) is 4.75. The molecule has 0 radical (unpaired) electrons. The van der Waals surface area contributed by atoms with Gasteiger partial charge in [-0.1, -0.05) is 64.3 Å². The number of rotatable bonds is 9. The Morgan fingerprint density at radius 2 is 1.77 bits per heavy atom. The Morgan fingerprint density at radius 1 is 1.13 bits per heavy atom. The Labute approximate surface area is 181 Å². The quantitative estimate of drug-likeness (QED) is 0.232. The van der Waals surface area contributed by atoms with Crippen LogP contribution in [0.25, 0.3) is 5.83 Å². The van der Waals surface area contributed by atoms with Crippen molar-refractivity contribution in [2.45, 2.75) is 79.6 Å². The molecule has 0 aromatic heterocycles. The van der Waals surface area contributed by atoms with Crippen LogP contribution in [-0.4, -0.2) is 12.6 Å². The molecule has 2 nitrogen and oxygen atoms in total. The fraction of sp³-hybridized carbons (Fsp3) is 0.519. The number of carbonyl (C=O) groups excluding carboxylic acids is 1. The number of ether oxygens (including phenoxy) is 1. The molecule has 3 heteroatoms. The largest absolute Gasteiger partial charge is 0.462 e. The van der Waals surface area contributed by atoms with Crippen LogP contribution in [0.5, 0.6) is 0 Å². The van der Waals surface area contributed by atoms with Crippen LogP contribution >= 0.6 is 0 Å². The second-order valence-corrected chi connectivity index (χ2v) is 9.08. The number of hydrogen-bond acceptors (Lipinski definition) is 2. The Morgan fingerprint density at radius 3 is 2.37 bits per heavy atom. The van der Waals surface area contributed by atoms with Gasteiger partial charge in [-0.25, -0.2) is 9.18 Å². The van der Waals surface area contributed by atoms with E-state index in [1.165, 1.54) is 11.1 Å². The molecule has 0 heterocycles. The lowest BCUT2D eigenvalue weighted by Crippen LogP contribution is -2.22. The highest BCUT2D eigenvalue weighted by Crippen LogP contribution is 2.45. The fourth-order valence-electron chi connectivity index (χ4n) is 4.36. The molecule has 0 saturated heterocycles. The van der Waals surface area contributed by atoms with Crippen molar-refractivity contribution in [2.24, 2.45) is 5.41 Å². The van der Waals surface area contributed by atoms with Gasteiger partial charge in [0.15, 0.2) is 0 Å². The first-order chi connectivity index (χ1) is 14.2. The van der Waals surface area contributed by atoms with Crippen LogP contribution in [0.15, 0.2) is 53.1 Å². The molecule has 1 aromatic rings. The van der Waals surface area contributed by atoms with E-state index in [0.717, 1.165) is 50.5 Å². The molecule has 1 aromatic carbocycles. The van der Waals surface area contributed by atoms with Crippen molar-refractivity contribution in [3.05, 3.63) is 64.3 Å². The van der Waals surface area contributed by atoms with Gasteiger partial charge in [-0.15, -0.1) is 0 Å². The summed E-state index contributed by atoms with van der Waals surface area (Å²) in [5, 5.41) is 0. The smallest absolute Gasteiger partial charge is 0.338 e. The maximum atomic E-state index is 15.2. The summed E-state index contributed by atoms with van der Waals surface area (Å²) in [6.07, 6.45) is 7.53. The summed E-state index contributed by atoms with van der Waals surface area (Å²) in [7, 11) is 0. The van der Waals surface area contributed by atoms with Gasteiger partial charge in [-0.2, -0.15) is 0 Å². The zero-order valence-electron chi connectivity index (χ0n) is 19.4. The van der Waals surface area contributed by atoms with Crippen molar-refractivity contribution < 1.29 is 13.9 Å². The second-order valence-electron chi connectivity index (χ2n) is 9.08. The van der Waals surface area contributed by atoms with Crippen molar-refractivity contribution >= 4 is 11.8 Å². The maximum Gasteiger partial charge on any atom is 0.338 e. The van der Waals surface area contributed by atoms with Crippen LogP contribution in [0.2, 0.25) is 0 Å². The topological polar surface area (TPSA) is 26.3 Å². The Balaban J connectivity index is 2.12. The third-order valence-electron chi connectivity index (χ3n) is 6.15. The molecule has 0 N–H and O–H groups in total. The first kappa shape index (κ1) is 24.1. The number of carbonyl (C=O) groups is 1. The first-order valence-electron chi connectivity index (χ1n) is 11.2. The number of benzene rings is 1. The van der Waals surface area contributed by atoms with Gasteiger partial charge >= 0.3 is 5.97 Å². The summed E-state index contributed by atoms with van der Waals surface area (Å²) in [6, 6.07) is 6.56. The number of esters is 1. The van der Waals surface area contributed by atoms with Crippen LogP contribution in [0.4, 0.5) is 4.39 Å². The summed E-state index contributed by atoms with van der Waals surface area (Å²) >= 11 is 0.